The van der Waals surface area contributed by atoms with E-state index in [4.69, 9.17) is 15.3 Å². The van der Waals surface area contributed by atoms with Crippen molar-refractivity contribution in [3.8, 4) is 0 Å². The Morgan fingerprint density at radius 2 is 2.13 bits per heavy atom. The molecule has 2 fully saturated rings. The third-order valence-electron chi connectivity index (χ3n) is 4.66. The van der Waals surface area contributed by atoms with Gasteiger partial charge in [0, 0.05) is 10.8 Å². The Labute approximate surface area is 202 Å². The van der Waals surface area contributed by atoms with Gasteiger partial charge in [-0.2, -0.15) is 5.06 Å². The van der Waals surface area contributed by atoms with Crippen LogP contribution < -0.4 is 45.7 Å². The Morgan fingerprint density at radius 1 is 1.45 bits per heavy atom. The molecule has 0 saturated carbocycles. The molecule has 2 amide bonds. The molecule has 2 aliphatic heterocycles. The smallest absolute Gasteiger partial charge is 0.544 e. The third kappa shape index (κ3) is 4.25. The maximum Gasteiger partial charge on any atom is 1.00 e. The van der Waals surface area contributed by atoms with E-state index in [-0.39, 0.29) is 52.5 Å². The van der Waals surface area contributed by atoms with E-state index in [0.29, 0.717) is 5.06 Å². The third-order valence-corrected chi connectivity index (χ3v) is 5.34. The number of nitrogens with two attached hydrogens (primary N) is 1. The number of cyclic esters (lactones) is 1. The molecule has 3 N–H and O–H groups in total. The summed E-state index contributed by atoms with van der Waals surface area (Å²) in [5, 5.41) is 20.0. The Kier molecular flexibility index (Phi) is 7.32. The second kappa shape index (κ2) is 9.08. The van der Waals surface area contributed by atoms with Crippen molar-refractivity contribution in [1.29, 1.82) is 0 Å². The minimum absolute atomic E-state index is 0. The van der Waals surface area contributed by atoms with Gasteiger partial charge >= 0.3 is 35.5 Å². The van der Waals surface area contributed by atoms with Crippen LogP contribution in [0.1, 0.15) is 26.0 Å². The number of carbonyl (C=O) groups is 4. The number of aromatic nitrogens is 1. The molecule has 0 aromatic carbocycles. The quantitative estimate of drug-likeness (QED) is 0.179. The number of nitrogens with one attached hydrogen (secondary N) is 1. The van der Waals surface area contributed by atoms with E-state index in [1.165, 1.54) is 26.3 Å². The maximum atomic E-state index is 12.9. The number of aliphatic carboxylic acids is 1. The van der Waals surface area contributed by atoms with Crippen LogP contribution in [0.25, 0.3) is 0 Å². The molecule has 1 aromatic rings. The summed E-state index contributed by atoms with van der Waals surface area (Å²) in [7, 11) is 1.22. The minimum Gasteiger partial charge on any atom is -0.544 e. The minimum atomic E-state index is -2.48. The van der Waals surface area contributed by atoms with Gasteiger partial charge in [0.05, 0.1) is 6.42 Å². The van der Waals surface area contributed by atoms with Crippen molar-refractivity contribution in [3.63, 3.8) is 0 Å². The summed E-state index contributed by atoms with van der Waals surface area (Å²) in [5.41, 5.74) is 1.61. The first-order valence-corrected chi connectivity index (χ1v) is 9.45. The first-order valence-electron chi connectivity index (χ1n) is 8.57. The van der Waals surface area contributed by atoms with Crippen molar-refractivity contribution in [1.82, 2.24) is 15.4 Å². The predicted molar refractivity (Wildman–Crippen MR) is 97.0 cm³/mol. The van der Waals surface area contributed by atoms with Crippen LogP contribution in [0.2, 0.25) is 0 Å². The van der Waals surface area contributed by atoms with E-state index < -0.39 is 47.5 Å². The largest absolute Gasteiger partial charge is 1.00 e. The van der Waals surface area contributed by atoms with Crippen LogP contribution in [0.4, 0.5) is 5.13 Å². The van der Waals surface area contributed by atoms with Gasteiger partial charge in [0.2, 0.25) is 0 Å². The van der Waals surface area contributed by atoms with Crippen molar-refractivity contribution in [3.05, 3.63) is 11.1 Å². The molecule has 13 nitrogen and oxygen atoms in total. The van der Waals surface area contributed by atoms with E-state index >= 15 is 0 Å². The number of carboxylic acids is 1. The molecular weight excluding hydrogens is 445 g/mol. The topological polar surface area (TPSA) is 186 Å². The second-order valence-corrected chi connectivity index (χ2v) is 8.00. The monoisotopic (exact) mass is 463 g/mol. The zero-order chi connectivity index (χ0) is 22.3. The van der Waals surface area contributed by atoms with E-state index in [9.17, 15) is 24.3 Å². The molecule has 0 bridgehead atoms. The van der Waals surface area contributed by atoms with Crippen LogP contribution in [0, 0.1) is 5.41 Å². The molecule has 31 heavy (non-hydrogen) atoms. The Hall–Kier alpha value is -2.26. The standard InChI is InChI=1S/C16H19N5O8S.Na/c1-15(2)4-9(22)29-16(15,13(25)26)21-12(24)7(5-28-21)18-11(23)10(20-27-3)8-6-30-14(17)19-8;/h6-7H,4-5H2,1-3H3,(H2,17,19)(H,18,23)(H,25,26);/q;+1/p-1/t7-,16?;/m0./s1. The van der Waals surface area contributed by atoms with Gasteiger partial charge in [0.1, 0.15) is 31.4 Å². The Morgan fingerprint density at radius 3 is 2.61 bits per heavy atom. The number of nitrogen functional groups attached to an aromatic ring is 1. The molecule has 3 heterocycles. The molecule has 2 atom stereocenters. The predicted octanol–water partition coefficient (Wildman–Crippen LogP) is -5.24. The van der Waals surface area contributed by atoms with Gasteiger partial charge in [-0.05, 0) is 0 Å². The molecule has 15 heteroatoms. The van der Waals surface area contributed by atoms with E-state index in [2.05, 4.69) is 20.3 Å². The summed E-state index contributed by atoms with van der Waals surface area (Å²) in [6.45, 7) is 2.44. The fraction of sp³-hybridized carbons (Fsp3) is 0.500. The molecule has 1 unspecified atom stereocenters. The van der Waals surface area contributed by atoms with Crippen LogP contribution in [0.3, 0.4) is 0 Å². The number of thiazole rings is 1. The summed E-state index contributed by atoms with van der Waals surface area (Å²) in [6, 6.07) is -1.29. The summed E-state index contributed by atoms with van der Waals surface area (Å²) < 4.78 is 4.99. The van der Waals surface area contributed by atoms with Crippen LogP contribution in [-0.4, -0.2) is 65.0 Å². The molecule has 0 spiro atoms. The van der Waals surface area contributed by atoms with Gasteiger partial charge in [-0.1, -0.05) is 19.0 Å². The zero-order valence-electron chi connectivity index (χ0n) is 17.2. The van der Waals surface area contributed by atoms with E-state index in [0.717, 1.165) is 11.3 Å². The number of hydrogen-bond acceptors (Lipinski definition) is 12. The number of rotatable bonds is 6. The van der Waals surface area contributed by atoms with Crippen molar-refractivity contribution in [2.45, 2.75) is 32.0 Å². The first kappa shape index (κ1) is 25.0. The average molecular weight is 463 g/mol. The maximum absolute atomic E-state index is 12.9. The van der Waals surface area contributed by atoms with Crippen molar-refractivity contribution >= 4 is 45.9 Å². The van der Waals surface area contributed by atoms with Gasteiger partial charge in [-0.25, -0.2) is 4.98 Å². The van der Waals surface area contributed by atoms with Crippen LogP contribution in [0.15, 0.2) is 10.5 Å². The fourth-order valence-electron chi connectivity index (χ4n) is 3.23. The second-order valence-electron chi connectivity index (χ2n) is 7.11. The summed E-state index contributed by atoms with van der Waals surface area (Å²) >= 11 is 1.07. The van der Waals surface area contributed by atoms with Crippen LogP contribution in [-0.2, 0) is 33.6 Å². The van der Waals surface area contributed by atoms with E-state index in [1.807, 2.05) is 0 Å². The van der Waals surface area contributed by atoms with Gasteiger partial charge in [-0.3, -0.25) is 19.2 Å². The number of amides is 2. The van der Waals surface area contributed by atoms with Crippen LogP contribution in [0.5, 0.6) is 0 Å². The number of anilines is 1. The molecule has 0 aliphatic carbocycles. The molecule has 1 aromatic heterocycles. The van der Waals surface area contributed by atoms with Gasteiger partial charge in [0.25, 0.3) is 17.5 Å². The molecule has 3 rings (SSSR count). The average Bonchev–Trinajstić information content (AvgIpc) is 3.29. The number of carbonyl (C=O) groups excluding carboxylic acids is 4. The first-order chi connectivity index (χ1) is 14.0. The number of oxime groups is 1. The SMILES string of the molecule is CON=C(C(=O)N[C@H]1CON(C2(C(=O)[O-])OC(=O)CC2(C)C)C1=O)c1csc(N)n1.[Na+]. The number of hydroxylamine groups is 2. The summed E-state index contributed by atoms with van der Waals surface area (Å²) in [6.07, 6.45) is -0.277. The normalized spacial score (nSPS) is 25.1. The number of carboxylic acid groups (broad SMARTS) is 1. The molecule has 2 aliphatic rings. The Bertz CT molecular complexity index is 950. The summed E-state index contributed by atoms with van der Waals surface area (Å²) in [5.74, 6) is -4.43. The van der Waals surface area contributed by atoms with Crippen molar-refractivity contribution < 1.29 is 68.3 Å². The molecule has 162 valence electrons. The molecule has 0 radical (unpaired) electrons. The van der Waals surface area contributed by atoms with Gasteiger partial charge in [-0.15, -0.1) is 11.3 Å². The van der Waals surface area contributed by atoms with E-state index in [1.54, 1.807) is 0 Å². The van der Waals surface area contributed by atoms with Crippen molar-refractivity contribution in [2.75, 3.05) is 19.5 Å². The number of ether oxygens (including phenoxy) is 1. The number of nitrogens with zero attached hydrogens (tertiary/aromatic N) is 3. The summed E-state index contributed by atoms with van der Waals surface area (Å²) in [4.78, 5) is 63.0. The Balaban J connectivity index is 0.00000341. The van der Waals surface area contributed by atoms with Crippen molar-refractivity contribution in [2.24, 2.45) is 10.6 Å². The molecule has 2 saturated heterocycles. The van der Waals surface area contributed by atoms with Gasteiger partial charge < -0.3 is 30.5 Å². The zero-order valence-corrected chi connectivity index (χ0v) is 20.0. The van der Waals surface area contributed by atoms with Gasteiger partial charge in [0.15, 0.2) is 10.8 Å². The number of esters is 1. The fourth-order valence-corrected chi connectivity index (χ4v) is 3.78. The molecular formula is C16H18N5NaO8S. The van der Waals surface area contributed by atoms with Crippen LogP contribution >= 0.6 is 11.3 Å². The number of hydrogen-bond donors (Lipinski definition) is 2.